The quantitative estimate of drug-likeness (QED) is 0.851. The van der Waals surface area contributed by atoms with Crippen LogP contribution < -0.4 is 15.4 Å². The lowest BCUT2D eigenvalue weighted by molar-refractivity contribution is 0.226. The van der Waals surface area contributed by atoms with Gasteiger partial charge in [-0.15, -0.1) is 0 Å². The summed E-state index contributed by atoms with van der Waals surface area (Å²) in [4.78, 5) is 16.6. The van der Waals surface area contributed by atoms with E-state index >= 15 is 0 Å². The van der Waals surface area contributed by atoms with Gasteiger partial charge in [0.25, 0.3) is 0 Å². The molecule has 0 saturated heterocycles. The van der Waals surface area contributed by atoms with E-state index in [9.17, 15) is 4.79 Å². The number of aromatic nitrogens is 1. The molecule has 2 aromatic rings. The highest BCUT2D eigenvalue weighted by Gasteiger charge is 2.22. The van der Waals surface area contributed by atoms with Crippen molar-refractivity contribution in [3.8, 4) is 5.75 Å². The minimum atomic E-state index is -0.304. The van der Waals surface area contributed by atoms with E-state index in [1.54, 1.807) is 19.5 Å². The normalized spacial score (nSPS) is 12.3. The summed E-state index contributed by atoms with van der Waals surface area (Å²) in [5, 5.41) is 6.05. The lowest BCUT2D eigenvalue weighted by Gasteiger charge is -2.27. The molecule has 2 rings (SSSR count). The van der Waals surface area contributed by atoms with Crippen molar-refractivity contribution in [3.63, 3.8) is 0 Å². The average molecular weight is 327 g/mol. The molecular formula is C19H25N3O2. The number of carbonyl (C=O) groups excluding carboxylic acids is 1. The summed E-state index contributed by atoms with van der Waals surface area (Å²) in [6.45, 7) is 6.04. The van der Waals surface area contributed by atoms with Crippen molar-refractivity contribution in [2.75, 3.05) is 7.11 Å². The Hall–Kier alpha value is -2.56. The largest absolute Gasteiger partial charge is 0.497 e. The molecule has 5 heteroatoms. The summed E-state index contributed by atoms with van der Waals surface area (Å²) < 4.78 is 5.30. The summed E-state index contributed by atoms with van der Waals surface area (Å²) in [6, 6.07) is 11.0. The second-order valence-electron chi connectivity index (χ2n) is 6.33. The van der Waals surface area contributed by atoms with Crippen LogP contribution in [0.4, 0.5) is 4.79 Å². The van der Waals surface area contributed by atoms with Crippen LogP contribution in [-0.4, -0.2) is 23.7 Å². The van der Waals surface area contributed by atoms with Gasteiger partial charge >= 0.3 is 6.03 Å². The minimum Gasteiger partial charge on any atom is -0.497 e. The van der Waals surface area contributed by atoms with E-state index in [-0.39, 0.29) is 17.6 Å². The van der Waals surface area contributed by atoms with E-state index in [0.29, 0.717) is 0 Å². The van der Waals surface area contributed by atoms with Crippen molar-refractivity contribution < 1.29 is 9.53 Å². The highest BCUT2D eigenvalue weighted by molar-refractivity contribution is 5.75. The van der Waals surface area contributed by atoms with Gasteiger partial charge in [-0.1, -0.05) is 25.1 Å². The zero-order chi connectivity index (χ0) is 17.6. The second kappa shape index (κ2) is 7.81. The lowest BCUT2D eigenvalue weighted by Crippen LogP contribution is -2.49. The number of rotatable bonds is 6. The Balaban J connectivity index is 2.29. The molecule has 2 amide bonds. The Bertz CT molecular complexity index is 671. The number of urea groups is 1. The predicted molar refractivity (Wildman–Crippen MR) is 95.1 cm³/mol. The van der Waals surface area contributed by atoms with Crippen molar-refractivity contribution >= 4 is 6.03 Å². The number of nitrogens with one attached hydrogen (secondary N) is 2. The summed E-state index contributed by atoms with van der Waals surface area (Å²) in [7, 11) is 1.63. The van der Waals surface area contributed by atoms with Crippen LogP contribution in [0.2, 0.25) is 0 Å². The number of pyridine rings is 1. The van der Waals surface area contributed by atoms with Crippen molar-refractivity contribution in [1.29, 1.82) is 0 Å². The first-order valence-corrected chi connectivity index (χ1v) is 8.07. The molecule has 0 aliphatic heterocycles. The molecule has 24 heavy (non-hydrogen) atoms. The highest BCUT2D eigenvalue weighted by atomic mass is 16.5. The van der Waals surface area contributed by atoms with Crippen molar-refractivity contribution in [2.24, 2.45) is 0 Å². The maximum Gasteiger partial charge on any atom is 0.315 e. The third-order valence-corrected chi connectivity index (χ3v) is 4.06. The Kier molecular flexibility index (Phi) is 5.79. The first-order valence-electron chi connectivity index (χ1n) is 8.07. The fraction of sp³-hybridized carbons (Fsp3) is 0.368. The zero-order valence-corrected chi connectivity index (χ0v) is 14.7. The molecule has 1 aromatic carbocycles. The maximum absolute atomic E-state index is 12.5. The van der Waals surface area contributed by atoms with E-state index in [2.05, 4.69) is 15.6 Å². The molecule has 1 heterocycles. The van der Waals surface area contributed by atoms with Crippen LogP contribution in [0, 0.1) is 0 Å². The molecule has 1 aromatic heterocycles. The fourth-order valence-corrected chi connectivity index (χ4v) is 2.29. The minimum absolute atomic E-state index is 0.210. The monoisotopic (exact) mass is 327 g/mol. The molecule has 0 saturated carbocycles. The number of benzene rings is 1. The smallest absolute Gasteiger partial charge is 0.315 e. The molecule has 0 unspecified atom stereocenters. The molecule has 0 radical (unpaired) electrons. The van der Waals surface area contributed by atoms with Gasteiger partial charge in [-0.3, -0.25) is 4.98 Å². The van der Waals surface area contributed by atoms with Crippen LogP contribution in [-0.2, 0) is 0 Å². The number of methoxy groups -OCH3 is 1. The Morgan fingerprint density at radius 2 is 2.00 bits per heavy atom. The third-order valence-electron chi connectivity index (χ3n) is 4.06. The van der Waals surface area contributed by atoms with Gasteiger partial charge in [0.1, 0.15) is 5.75 Å². The van der Waals surface area contributed by atoms with Crippen molar-refractivity contribution in [1.82, 2.24) is 15.6 Å². The van der Waals surface area contributed by atoms with E-state index < -0.39 is 0 Å². The average Bonchev–Trinajstić information content (AvgIpc) is 2.60. The SMILES string of the molecule is CCC(C)(C)NC(=O)N[C@H](c1cccnc1)c1cccc(OC)c1. The van der Waals surface area contributed by atoms with Crippen LogP contribution in [0.3, 0.4) is 0 Å². The molecule has 5 nitrogen and oxygen atoms in total. The van der Waals surface area contributed by atoms with E-state index in [1.807, 2.05) is 57.2 Å². The van der Waals surface area contributed by atoms with Crippen LogP contribution in [0.15, 0.2) is 48.8 Å². The van der Waals surface area contributed by atoms with Gasteiger partial charge in [0, 0.05) is 17.9 Å². The predicted octanol–water partition coefficient (Wildman–Crippen LogP) is 3.67. The molecule has 0 fully saturated rings. The summed E-state index contributed by atoms with van der Waals surface area (Å²) in [5.74, 6) is 0.748. The number of hydrogen-bond donors (Lipinski definition) is 2. The van der Waals surface area contributed by atoms with Gasteiger partial charge in [0.05, 0.1) is 13.2 Å². The van der Waals surface area contributed by atoms with E-state index in [1.165, 1.54) is 0 Å². The molecule has 0 aliphatic rings. The van der Waals surface area contributed by atoms with Crippen LogP contribution >= 0.6 is 0 Å². The van der Waals surface area contributed by atoms with Crippen LogP contribution in [0.1, 0.15) is 44.4 Å². The standard InChI is InChI=1S/C19H25N3O2/c1-5-19(2,3)22-18(23)21-17(15-9-7-11-20-13-15)14-8-6-10-16(12-14)24-4/h6-13,17H,5H2,1-4H3,(H2,21,22,23)/t17-/m0/s1. The van der Waals surface area contributed by atoms with Gasteiger partial charge in [0.15, 0.2) is 0 Å². The maximum atomic E-state index is 12.5. The molecule has 1 atom stereocenters. The molecule has 128 valence electrons. The van der Waals surface area contributed by atoms with Gasteiger partial charge in [0.2, 0.25) is 0 Å². The second-order valence-corrected chi connectivity index (χ2v) is 6.33. The lowest BCUT2D eigenvalue weighted by atomic mass is 9.99. The summed E-state index contributed by atoms with van der Waals surface area (Å²) >= 11 is 0. The van der Waals surface area contributed by atoms with Gasteiger partial charge in [-0.25, -0.2) is 4.79 Å². The summed E-state index contributed by atoms with van der Waals surface area (Å²) in [6.07, 6.45) is 4.32. The van der Waals surface area contributed by atoms with E-state index in [0.717, 1.165) is 23.3 Å². The zero-order valence-electron chi connectivity index (χ0n) is 14.7. The Morgan fingerprint density at radius 1 is 1.25 bits per heavy atom. The topological polar surface area (TPSA) is 63.2 Å². The molecule has 0 aliphatic carbocycles. The molecule has 2 N–H and O–H groups in total. The van der Waals surface area contributed by atoms with Crippen LogP contribution in [0.5, 0.6) is 5.75 Å². The first-order chi connectivity index (χ1) is 11.4. The van der Waals surface area contributed by atoms with Gasteiger partial charge < -0.3 is 15.4 Å². The highest BCUT2D eigenvalue weighted by Crippen LogP contribution is 2.25. The fourth-order valence-electron chi connectivity index (χ4n) is 2.29. The molecular weight excluding hydrogens is 302 g/mol. The van der Waals surface area contributed by atoms with Crippen LogP contribution in [0.25, 0.3) is 0 Å². The van der Waals surface area contributed by atoms with E-state index in [4.69, 9.17) is 4.74 Å². The number of carbonyl (C=O) groups is 1. The Morgan fingerprint density at radius 3 is 2.62 bits per heavy atom. The van der Waals surface area contributed by atoms with Crippen molar-refractivity contribution in [3.05, 3.63) is 59.9 Å². The number of amides is 2. The molecule has 0 spiro atoms. The first kappa shape index (κ1) is 17.8. The number of ether oxygens (including phenoxy) is 1. The summed E-state index contributed by atoms with van der Waals surface area (Å²) in [5.41, 5.74) is 1.58. The van der Waals surface area contributed by atoms with Gasteiger partial charge in [-0.2, -0.15) is 0 Å². The molecule has 0 bridgehead atoms. The van der Waals surface area contributed by atoms with Gasteiger partial charge in [-0.05, 0) is 49.6 Å². The Labute approximate surface area is 143 Å². The third kappa shape index (κ3) is 4.72. The van der Waals surface area contributed by atoms with Crippen molar-refractivity contribution in [2.45, 2.75) is 38.8 Å². The number of hydrogen-bond acceptors (Lipinski definition) is 3. The number of nitrogens with zero attached hydrogens (tertiary/aromatic N) is 1.